The fraction of sp³-hybridized carbons (Fsp3) is 0.889. The number of carbonyl (C=O) groups excluding carboxylic acids is 1. The summed E-state index contributed by atoms with van der Waals surface area (Å²) in [5.74, 6) is 1.21. The fourth-order valence-electron chi connectivity index (χ4n) is 2.87. The Labute approximate surface area is 171 Å². The molecule has 7 heteroatoms. The predicted octanol–water partition coefficient (Wildman–Crippen LogP) is 2.20. The summed E-state index contributed by atoms with van der Waals surface area (Å²) in [5, 5.41) is 9.49. The summed E-state index contributed by atoms with van der Waals surface area (Å²) in [6, 6.07) is 0. The molecule has 148 valence electrons. The summed E-state index contributed by atoms with van der Waals surface area (Å²) in [7, 11) is 0. The van der Waals surface area contributed by atoms with Crippen LogP contribution in [0.3, 0.4) is 0 Å². The molecule has 0 aliphatic carbocycles. The maximum absolute atomic E-state index is 11.9. The van der Waals surface area contributed by atoms with Gasteiger partial charge in [0.25, 0.3) is 0 Å². The van der Waals surface area contributed by atoms with E-state index in [4.69, 9.17) is 0 Å². The summed E-state index contributed by atoms with van der Waals surface area (Å²) in [5.41, 5.74) is -0.221. The predicted molar refractivity (Wildman–Crippen MR) is 117 cm³/mol. The number of rotatable bonds is 7. The number of guanidine groups is 1. The zero-order valence-electron chi connectivity index (χ0n) is 16.7. The minimum Gasteiger partial charge on any atom is -0.357 e. The number of nitrogens with one attached hydrogen (secondary N) is 3. The average molecular weight is 467 g/mol. The fourth-order valence-corrected chi connectivity index (χ4v) is 2.87. The monoisotopic (exact) mass is 467 g/mol. The van der Waals surface area contributed by atoms with E-state index in [-0.39, 0.29) is 42.0 Å². The van der Waals surface area contributed by atoms with Crippen molar-refractivity contribution >= 4 is 35.8 Å². The second-order valence-corrected chi connectivity index (χ2v) is 7.84. The van der Waals surface area contributed by atoms with Gasteiger partial charge in [0.1, 0.15) is 6.54 Å². The highest BCUT2D eigenvalue weighted by molar-refractivity contribution is 14.0. The summed E-state index contributed by atoms with van der Waals surface area (Å²) in [6.07, 6.45) is 4.03. The first-order valence-corrected chi connectivity index (χ1v) is 9.35. The number of hydrogen-bond donors (Lipinski definition) is 3. The molecule has 1 fully saturated rings. The topological polar surface area (TPSA) is 68.8 Å². The molecule has 1 amide bonds. The van der Waals surface area contributed by atoms with Crippen molar-refractivity contribution in [1.82, 2.24) is 20.9 Å². The molecule has 3 N–H and O–H groups in total. The highest BCUT2D eigenvalue weighted by Crippen LogP contribution is 2.10. The van der Waals surface area contributed by atoms with Crippen LogP contribution in [-0.4, -0.2) is 61.6 Å². The van der Waals surface area contributed by atoms with E-state index in [0.29, 0.717) is 11.9 Å². The van der Waals surface area contributed by atoms with Crippen molar-refractivity contribution in [2.75, 3.05) is 39.3 Å². The van der Waals surface area contributed by atoms with Gasteiger partial charge in [-0.25, -0.2) is 4.99 Å². The number of carbonyl (C=O) groups is 1. The SMILES string of the molecule is CCNC(=NCC(=O)NC(C)(C)C)NCC(C)CN1CCCCC1.I. The zero-order chi connectivity index (χ0) is 18.0. The van der Waals surface area contributed by atoms with E-state index in [2.05, 4.69) is 32.8 Å². The van der Waals surface area contributed by atoms with Gasteiger partial charge in [0, 0.05) is 25.2 Å². The van der Waals surface area contributed by atoms with Crippen LogP contribution in [-0.2, 0) is 4.79 Å². The maximum atomic E-state index is 11.9. The van der Waals surface area contributed by atoms with Gasteiger partial charge in [0.15, 0.2) is 5.96 Å². The lowest BCUT2D eigenvalue weighted by Gasteiger charge is -2.29. The molecule has 0 radical (unpaired) electrons. The van der Waals surface area contributed by atoms with Gasteiger partial charge in [-0.1, -0.05) is 13.3 Å². The molecule has 0 aromatic carbocycles. The van der Waals surface area contributed by atoms with Crippen molar-refractivity contribution in [3.8, 4) is 0 Å². The molecular formula is C18H38IN5O. The Kier molecular flexibility index (Phi) is 12.4. The first-order chi connectivity index (χ1) is 11.3. The van der Waals surface area contributed by atoms with E-state index in [0.717, 1.165) is 19.6 Å². The largest absolute Gasteiger partial charge is 0.357 e. The minimum absolute atomic E-state index is 0. The summed E-state index contributed by atoms with van der Waals surface area (Å²) in [6.45, 7) is 15.6. The lowest BCUT2D eigenvalue weighted by atomic mass is 10.1. The highest BCUT2D eigenvalue weighted by atomic mass is 127. The summed E-state index contributed by atoms with van der Waals surface area (Å²) < 4.78 is 0. The van der Waals surface area contributed by atoms with Crippen molar-refractivity contribution in [1.29, 1.82) is 0 Å². The number of hydrogen-bond acceptors (Lipinski definition) is 3. The number of likely N-dealkylation sites (tertiary alicyclic amines) is 1. The summed E-state index contributed by atoms with van der Waals surface area (Å²) >= 11 is 0. The molecule has 1 unspecified atom stereocenters. The third-order valence-electron chi connectivity index (χ3n) is 3.88. The molecule has 1 aliphatic heterocycles. The molecule has 6 nitrogen and oxygen atoms in total. The minimum atomic E-state index is -0.221. The van der Waals surface area contributed by atoms with Crippen LogP contribution in [0.1, 0.15) is 53.9 Å². The molecule has 1 atom stereocenters. The zero-order valence-corrected chi connectivity index (χ0v) is 19.0. The molecule has 1 aliphatic rings. The Morgan fingerprint density at radius 3 is 2.36 bits per heavy atom. The number of nitrogens with zero attached hydrogens (tertiary/aromatic N) is 2. The standard InChI is InChI=1S/C18H37N5O.HI/c1-6-19-17(21-13-16(24)22-18(3,4)5)20-12-15(2)14-23-10-8-7-9-11-23;/h15H,6-14H2,1-5H3,(H,22,24)(H2,19,20,21);1H. The Morgan fingerprint density at radius 2 is 1.80 bits per heavy atom. The third-order valence-corrected chi connectivity index (χ3v) is 3.88. The Balaban J connectivity index is 0.00000576. The number of amides is 1. The van der Waals surface area contributed by atoms with Gasteiger partial charge in [0.05, 0.1) is 0 Å². The molecule has 1 heterocycles. The Hall–Kier alpha value is -0.570. The highest BCUT2D eigenvalue weighted by Gasteiger charge is 2.15. The van der Waals surface area contributed by atoms with Crippen LogP contribution in [0, 0.1) is 5.92 Å². The van der Waals surface area contributed by atoms with E-state index in [1.165, 1.54) is 32.4 Å². The van der Waals surface area contributed by atoms with Crippen molar-refractivity contribution in [2.24, 2.45) is 10.9 Å². The molecule has 25 heavy (non-hydrogen) atoms. The molecule has 0 saturated carbocycles. The van der Waals surface area contributed by atoms with Crippen LogP contribution >= 0.6 is 24.0 Å². The molecule has 1 saturated heterocycles. The first kappa shape index (κ1) is 24.4. The quantitative estimate of drug-likeness (QED) is 0.305. The van der Waals surface area contributed by atoms with Crippen LogP contribution in [0.15, 0.2) is 4.99 Å². The molecule has 1 rings (SSSR count). The van der Waals surface area contributed by atoms with Crippen LogP contribution in [0.25, 0.3) is 0 Å². The van der Waals surface area contributed by atoms with Crippen molar-refractivity contribution in [2.45, 2.75) is 59.4 Å². The van der Waals surface area contributed by atoms with Crippen molar-refractivity contribution < 1.29 is 4.79 Å². The lowest BCUT2D eigenvalue weighted by molar-refractivity contribution is -0.121. The van der Waals surface area contributed by atoms with Gasteiger partial charge in [0.2, 0.25) is 5.91 Å². The van der Waals surface area contributed by atoms with E-state index >= 15 is 0 Å². The van der Waals surface area contributed by atoms with E-state index in [9.17, 15) is 4.79 Å². The van der Waals surface area contributed by atoms with Gasteiger partial charge in [-0.3, -0.25) is 4.79 Å². The van der Waals surface area contributed by atoms with E-state index < -0.39 is 0 Å². The van der Waals surface area contributed by atoms with Gasteiger partial charge >= 0.3 is 0 Å². The second-order valence-electron chi connectivity index (χ2n) is 7.84. The number of halogens is 1. The normalized spacial score (nSPS) is 17.4. The van der Waals surface area contributed by atoms with Gasteiger partial charge < -0.3 is 20.9 Å². The molecular weight excluding hydrogens is 429 g/mol. The molecule has 0 aromatic rings. The first-order valence-electron chi connectivity index (χ1n) is 9.35. The summed E-state index contributed by atoms with van der Waals surface area (Å²) in [4.78, 5) is 18.8. The second kappa shape index (κ2) is 12.7. The van der Waals surface area contributed by atoms with Crippen LogP contribution in [0.5, 0.6) is 0 Å². The Bertz CT molecular complexity index is 403. The molecule has 0 aromatic heterocycles. The van der Waals surface area contributed by atoms with Crippen LogP contribution < -0.4 is 16.0 Å². The van der Waals surface area contributed by atoms with Gasteiger partial charge in [-0.15, -0.1) is 24.0 Å². The van der Waals surface area contributed by atoms with Gasteiger partial charge in [-0.05, 0) is 59.5 Å². The average Bonchev–Trinajstić information content (AvgIpc) is 2.49. The Morgan fingerprint density at radius 1 is 1.16 bits per heavy atom. The smallest absolute Gasteiger partial charge is 0.242 e. The maximum Gasteiger partial charge on any atom is 0.242 e. The molecule has 0 spiro atoms. The van der Waals surface area contributed by atoms with Crippen molar-refractivity contribution in [3.05, 3.63) is 0 Å². The van der Waals surface area contributed by atoms with Gasteiger partial charge in [-0.2, -0.15) is 0 Å². The van der Waals surface area contributed by atoms with Crippen LogP contribution in [0.2, 0.25) is 0 Å². The van der Waals surface area contributed by atoms with Crippen LogP contribution in [0.4, 0.5) is 0 Å². The number of piperidine rings is 1. The lowest BCUT2D eigenvalue weighted by Crippen LogP contribution is -2.44. The van der Waals surface area contributed by atoms with E-state index in [1.807, 2.05) is 27.7 Å². The molecule has 0 bridgehead atoms. The van der Waals surface area contributed by atoms with Crippen molar-refractivity contribution in [3.63, 3.8) is 0 Å². The van der Waals surface area contributed by atoms with E-state index in [1.54, 1.807) is 0 Å². The number of aliphatic imine (C=N–C) groups is 1. The third kappa shape index (κ3) is 12.4.